The Labute approximate surface area is 90.0 Å². The van der Waals surface area contributed by atoms with Gasteiger partial charge in [-0.15, -0.1) is 0 Å². The van der Waals surface area contributed by atoms with E-state index >= 15 is 0 Å². The first-order chi connectivity index (χ1) is 7.27. The Hall–Kier alpha value is -0.830. The standard InChI is InChI=1S/C12H18N2O/c13-12(7-8-12)6-5-11-9-3-1-2-4-10(9)14-15-11/h1-8,13H2. The first-order valence-electron chi connectivity index (χ1n) is 6.02. The van der Waals surface area contributed by atoms with E-state index in [0.717, 1.165) is 31.4 Å². The lowest BCUT2D eigenvalue weighted by Gasteiger charge is -2.10. The van der Waals surface area contributed by atoms with E-state index in [2.05, 4.69) is 5.16 Å². The number of fused-ring (bicyclic) bond motifs is 1. The maximum absolute atomic E-state index is 6.08. The number of aromatic nitrogens is 1. The molecule has 2 aliphatic carbocycles. The second-order valence-electron chi connectivity index (χ2n) is 5.10. The summed E-state index contributed by atoms with van der Waals surface area (Å²) < 4.78 is 5.44. The van der Waals surface area contributed by atoms with E-state index in [1.165, 1.54) is 36.9 Å². The number of nitrogens with two attached hydrogens (primary N) is 1. The molecule has 0 atom stereocenters. The zero-order chi connectivity index (χ0) is 10.3. The summed E-state index contributed by atoms with van der Waals surface area (Å²) in [5, 5.41) is 4.16. The van der Waals surface area contributed by atoms with Crippen molar-refractivity contribution in [2.24, 2.45) is 5.73 Å². The van der Waals surface area contributed by atoms with Gasteiger partial charge in [-0.25, -0.2) is 0 Å². The molecule has 3 nitrogen and oxygen atoms in total. The minimum Gasteiger partial charge on any atom is -0.361 e. The summed E-state index contributed by atoms with van der Waals surface area (Å²) in [6.07, 6.45) is 9.23. The number of hydrogen-bond donors (Lipinski definition) is 1. The van der Waals surface area contributed by atoms with E-state index in [9.17, 15) is 0 Å². The van der Waals surface area contributed by atoms with Gasteiger partial charge in [0, 0.05) is 17.5 Å². The maximum atomic E-state index is 6.08. The highest BCUT2D eigenvalue weighted by molar-refractivity contribution is 5.26. The molecule has 3 heteroatoms. The molecule has 1 fully saturated rings. The number of nitrogens with zero attached hydrogens (tertiary/aromatic N) is 1. The molecule has 0 unspecified atom stereocenters. The van der Waals surface area contributed by atoms with Crippen molar-refractivity contribution in [3.8, 4) is 0 Å². The number of hydrogen-bond acceptors (Lipinski definition) is 3. The molecule has 0 aromatic carbocycles. The molecule has 1 aromatic rings. The fraction of sp³-hybridized carbons (Fsp3) is 0.750. The van der Waals surface area contributed by atoms with Crippen molar-refractivity contribution in [1.82, 2.24) is 5.16 Å². The van der Waals surface area contributed by atoms with E-state index in [4.69, 9.17) is 10.3 Å². The first kappa shape index (κ1) is 9.40. The zero-order valence-electron chi connectivity index (χ0n) is 9.09. The summed E-state index contributed by atoms with van der Waals surface area (Å²) in [5.74, 6) is 1.11. The van der Waals surface area contributed by atoms with E-state index in [-0.39, 0.29) is 5.54 Å². The third-order valence-electron chi connectivity index (χ3n) is 3.78. The van der Waals surface area contributed by atoms with Crippen LogP contribution in [0.4, 0.5) is 0 Å². The molecule has 0 radical (unpaired) electrons. The van der Waals surface area contributed by atoms with Crippen molar-refractivity contribution >= 4 is 0 Å². The second-order valence-corrected chi connectivity index (χ2v) is 5.10. The molecule has 0 aliphatic heterocycles. The smallest absolute Gasteiger partial charge is 0.140 e. The van der Waals surface area contributed by atoms with Crippen LogP contribution in [0.2, 0.25) is 0 Å². The highest BCUT2D eigenvalue weighted by atomic mass is 16.5. The predicted molar refractivity (Wildman–Crippen MR) is 57.6 cm³/mol. The lowest BCUT2D eigenvalue weighted by Crippen LogP contribution is -2.22. The van der Waals surface area contributed by atoms with Crippen LogP contribution >= 0.6 is 0 Å². The van der Waals surface area contributed by atoms with Crippen molar-refractivity contribution in [3.63, 3.8) is 0 Å². The molecule has 1 heterocycles. The van der Waals surface area contributed by atoms with Gasteiger partial charge >= 0.3 is 0 Å². The SMILES string of the molecule is NC1(CCc2onc3c2CCCC3)CC1. The molecule has 0 saturated heterocycles. The Morgan fingerprint density at radius 3 is 2.87 bits per heavy atom. The van der Waals surface area contributed by atoms with Gasteiger partial charge in [0.2, 0.25) is 0 Å². The van der Waals surface area contributed by atoms with Crippen LogP contribution < -0.4 is 5.73 Å². The molecule has 0 bridgehead atoms. The van der Waals surface area contributed by atoms with Crippen LogP contribution in [0.15, 0.2) is 4.52 Å². The molecular weight excluding hydrogens is 188 g/mol. The van der Waals surface area contributed by atoms with Gasteiger partial charge in [0.1, 0.15) is 5.76 Å². The third-order valence-corrected chi connectivity index (χ3v) is 3.78. The minimum absolute atomic E-state index is 0.133. The fourth-order valence-corrected chi connectivity index (χ4v) is 2.43. The largest absolute Gasteiger partial charge is 0.361 e. The summed E-state index contributed by atoms with van der Waals surface area (Å²) in [7, 11) is 0. The average Bonchev–Trinajstić information content (AvgIpc) is 2.86. The highest BCUT2D eigenvalue weighted by Gasteiger charge is 2.38. The molecular formula is C12H18N2O. The van der Waals surface area contributed by atoms with Crippen LogP contribution in [0.1, 0.15) is 49.1 Å². The Balaban J connectivity index is 1.71. The molecule has 82 valence electrons. The first-order valence-corrected chi connectivity index (χ1v) is 6.02. The highest BCUT2D eigenvalue weighted by Crippen LogP contribution is 2.37. The monoisotopic (exact) mass is 206 g/mol. The minimum atomic E-state index is 0.133. The van der Waals surface area contributed by atoms with Gasteiger partial charge < -0.3 is 10.3 Å². The van der Waals surface area contributed by atoms with E-state index in [1.807, 2.05) is 0 Å². The molecule has 0 spiro atoms. The van der Waals surface area contributed by atoms with Crippen molar-refractivity contribution in [3.05, 3.63) is 17.0 Å². The molecule has 1 saturated carbocycles. The summed E-state index contributed by atoms with van der Waals surface area (Å²) in [4.78, 5) is 0. The van der Waals surface area contributed by atoms with Gasteiger partial charge in [-0.05, 0) is 44.9 Å². The van der Waals surface area contributed by atoms with Gasteiger partial charge in [-0.1, -0.05) is 5.16 Å². The van der Waals surface area contributed by atoms with Gasteiger partial charge in [-0.2, -0.15) is 0 Å². The molecule has 1 aromatic heterocycles. The average molecular weight is 206 g/mol. The van der Waals surface area contributed by atoms with Crippen LogP contribution in [-0.2, 0) is 19.3 Å². The number of rotatable bonds is 3. The van der Waals surface area contributed by atoms with Crippen LogP contribution in [0.5, 0.6) is 0 Å². The van der Waals surface area contributed by atoms with Crippen LogP contribution in [0, 0.1) is 0 Å². The van der Waals surface area contributed by atoms with Crippen molar-refractivity contribution in [1.29, 1.82) is 0 Å². The Kier molecular flexibility index (Phi) is 2.09. The van der Waals surface area contributed by atoms with Gasteiger partial charge in [0.25, 0.3) is 0 Å². The molecule has 3 rings (SSSR count). The van der Waals surface area contributed by atoms with Crippen LogP contribution in [0.25, 0.3) is 0 Å². The summed E-state index contributed by atoms with van der Waals surface area (Å²) in [6, 6.07) is 0. The van der Waals surface area contributed by atoms with Crippen LogP contribution in [0.3, 0.4) is 0 Å². The summed E-state index contributed by atoms with van der Waals surface area (Å²) in [5.41, 5.74) is 8.81. The second kappa shape index (κ2) is 3.34. The Bertz CT molecular complexity index is 366. The van der Waals surface area contributed by atoms with Crippen molar-refractivity contribution in [2.45, 2.75) is 56.9 Å². The van der Waals surface area contributed by atoms with Crippen molar-refractivity contribution in [2.75, 3.05) is 0 Å². The maximum Gasteiger partial charge on any atom is 0.140 e. The third kappa shape index (κ3) is 1.81. The van der Waals surface area contributed by atoms with E-state index in [1.54, 1.807) is 0 Å². The van der Waals surface area contributed by atoms with Gasteiger partial charge in [-0.3, -0.25) is 0 Å². The number of aryl methyl sites for hydroxylation is 2. The Morgan fingerprint density at radius 1 is 1.27 bits per heavy atom. The predicted octanol–water partition coefficient (Wildman–Crippen LogP) is 1.98. The van der Waals surface area contributed by atoms with E-state index in [0.29, 0.717) is 0 Å². The summed E-state index contributed by atoms with van der Waals surface area (Å²) >= 11 is 0. The van der Waals surface area contributed by atoms with E-state index < -0.39 is 0 Å². The molecule has 0 amide bonds. The topological polar surface area (TPSA) is 52.0 Å². The summed E-state index contributed by atoms with van der Waals surface area (Å²) in [6.45, 7) is 0. The molecule has 2 aliphatic rings. The quantitative estimate of drug-likeness (QED) is 0.822. The van der Waals surface area contributed by atoms with Gasteiger partial charge in [0.15, 0.2) is 0 Å². The van der Waals surface area contributed by atoms with Crippen molar-refractivity contribution < 1.29 is 4.52 Å². The normalized spacial score (nSPS) is 22.5. The lowest BCUT2D eigenvalue weighted by molar-refractivity contribution is 0.369. The lowest BCUT2D eigenvalue weighted by atomic mass is 9.94. The fourth-order valence-electron chi connectivity index (χ4n) is 2.43. The van der Waals surface area contributed by atoms with Gasteiger partial charge in [0.05, 0.1) is 5.69 Å². The molecule has 15 heavy (non-hydrogen) atoms. The Morgan fingerprint density at radius 2 is 2.07 bits per heavy atom. The molecule has 2 N–H and O–H groups in total. The van der Waals surface area contributed by atoms with Crippen LogP contribution in [-0.4, -0.2) is 10.7 Å². The zero-order valence-corrected chi connectivity index (χ0v) is 9.09.